The predicted molar refractivity (Wildman–Crippen MR) is 144 cm³/mol. The van der Waals surface area contributed by atoms with Gasteiger partial charge in [-0.2, -0.15) is 0 Å². The Morgan fingerprint density at radius 3 is 2.76 bits per heavy atom. The average Bonchev–Trinajstić information content (AvgIpc) is 2.91. The minimum atomic E-state index is -1.11. The van der Waals surface area contributed by atoms with Crippen LogP contribution in [0.2, 0.25) is 0 Å². The van der Waals surface area contributed by atoms with Gasteiger partial charge in [0.05, 0.1) is 19.2 Å². The fourth-order valence-corrected chi connectivity index (χ4v) is 5.27. The number of likely N-dealkylation sites (tertiary alicyclic amines) is 1. The lowest BCUT2D eigenvalue weighted by atomic mass is 9.79. The van der Waals surface area contributed by atoms with Crippen LogP contribution in [0.4, 0.5) is 4.39 Å². The highest BCUT2D eigenvalue weighted by atomic mass is 19.1. The molecule has 1 aliphatic rings. The number of hydrogen-bond acceptors (Lipinski definition) is 4. The van der Waals surface area contributed by atoms with Crippen molar-refractivity contribution in [3.63, 3.8) is 0 Å². The van der Waals surface area contributed by atoms with E-state index in [0.29, 0.717) is 36.6 Å². The Morgan fingerprint density at radius 1 is 1.19 bits per heavy atom. The molecule has 0 bridgehead atoms. The number of aryl methyl sites for hydroxylation is 1. The second-order valence-electron chi connectivity index (χ2n) is 9.97. The van der Waals surface area contributed by atoms with E-state index in [1.807, 2.05) is 30.3 Å². The van der Waals surface area contributed by atoms with Crippen LogP contribution in [0.1, 0.15) is 55.0 Å². The normalized spacial score (nSPS) is 18.7. The second kappa shape index (κ2) is 12.7. The van der Waals surface area contributed by atoms with Crippen LogP contribution in [0.3, 0.4) is 0 Å². The number of fused-ring (bicyclic) bond motifs is 1. The number of rotatable bonds is 9. The summed E-state index contributed by atoms with van der Waals surface area (Å²) in [6, 6.07) is 15.4. The first-order valence-corrected chi connectivity index (χ1v) is 13.0. The Morgan fingerprint density at radius 2 is 2.00 bits per heavy atom. The summed E-state index contributed by atoms with van der Waals surface area (Å²) in [6.07, 6.45) is 3.33. The van der Waals surface area contributed by atoms with Gasteiger partial charge in [-0.05, 0) is 92.9 Å². The van der Waals surface area contributed by atoms with Crippen LogP contribution in [-0.2, 0) is 4.79 Å². The summed E-state index contributed by atoms with van der Waals surface area (Å²) in [5.74, 6) is 6.91. The van der Waals surface area contributed by atoms with Crippen molar-refractivity contribution in [3.8, 4) is 17.6 Å². The van der Waals surface area contributed by atoms with Gasteiger partial charge in [-0.25, -0.2) is 4.39 Å². The molecule has 1 fully saturated rings. The number of benzene rings is 2. The Kier molecular flexibility index (Phi) is 9.14. The van der Waals surface area contributed by atoms with Crippen LogP contribution in [-0.4, -0.2) is 47.7 Å². The van der Waals surface area contributed by atoms with Gasteiger partial charge in [0.2, 0.25) is 0 Å². The maximum atomic E-state index is 15.5. The van der Waals surface area contributed by atoms with E-state index >= 15 is 4.39 Å². The van der Waals surface area contributed by atoms with Crippen molar-refractivity contribution in [1.29, 1.82) is 0 Å². The lowest BCUT2D eigenvalue weighted by molar-refractivity contribution is -0.137. The number of aliphatic carboxylic acids is 1. The molecule has 37 heavy (non-hydrogen) atoms. The summed E-state index contributed by atoms with van der Waals surface area (Å²) >= 11 is 0. The van der Waals surface area contributed by atoms with Gasteiger partial charge < -0.3 is 9.84 Å². The van der Waals surface area contributed by atoms with Crippen molar-refractivity contribution >= 4 is 16.9 Å². The highest BCUT2D eigenvalue weighted by Crippen LogP contribution is 2.36. The van der Waals surface area contributed by atoms with E-state index in [1.54, 1.807) is 19.4 Å². The molecule has 1 saturated heterocycles. The summed E-state index contributed by atoms with van der Waals surface area (Å²) in [4.78, 5) is 18.0. The van der Waals surface area contributed by atoms with Crippen molar-refractivity contribution in [3.05, 3.63) is 71.4 Å². The maximum absolute atomic E-state index is 15.5. The molecule has 1 aliphatic heterocycles. The number of carboxylic acids is 1. The quantitative estimate of drug-likeness (QED) is 0.353. The number of methoxy groups -OCH3 is 1. The third kappa shape index (κ3) is 7.30. The Hall–Kier alpha value is -3.43. The number of hydrogen-bond donors (Lipinski definition) is 1. The summed E-state index contributed by atoms with van der Waals surface area (Å²) in [6.45, 7) is 4.40. The second-order valence-corrected chi connectivity index (χ2v) is 9.97. The summed E-state index contributed by atoms with van der Waals surface area (Å²) in [5.41, 5.74) is 3.59. The minimum absolute atomic E-state index is 0.137. The average molecular weight is 503 g/mol. The molecule has 3 aromatic rings. The van der Waals surface area contributed by atoms with Gasteiger partial charge in [-0.15, -0.1) is 0 Å². The largest absolute Gasteiger partial charge is 0.497 e. The van der Waals surface area contributed by atoms with Crippen LogP contribution in [0.15, 0.2) is 54.7 Å². The smallest absolute Gasteiger partial charge is 0.303 e. The van der Waals surface area contributed by atoms with E-state index in [4.69, 9.17) is 4.74 Å². The zero-order valence-corrected chi connectivity index (χ0v) is 21.6. The lowest BCUT2D eigenvalue weighted by Crippen LogP contribution is -2.41. The number of pyridine rings is 1. The predicted octanol–water partition coefficient (Wildman–Crippen LogP) is 6.20. The minimum Gasteiger partial charge on any atom is -0.497 e. The molecule has 5 nitrogen and oxygen atoms in total. The SMILES string of the molecule is COc1ccc2nccc([C@H](F)CC[C@@H]3CCN(CC#Cc4ccc(C)cc4)C[C@H]3CCC(=O)O)c2c1. The number of piperidine rings is 1. The van der Waals surface area contributed by atoms with Crippen molar-refractivity contribution in [2.24, 2.45) is 11.8 Å². The Labute approximate surface area is 218 Å². The van der Waals surface area contributed by atoms with E-state index in [0.717, 1.165) is 42.4 Å². The highest BCUT2D eigenvalue weighted by molar-refractivity contribution is 5.83. The molecule has 0 amide bonds. The molecule has 6 heteroatoms. The van der Waals surface area contributed by atoms with Gasteiger partial charge in [0.25, 0.3) is 0 Å². The first-order chi connectivity index (χ1) is 17.9. The van der Waals surface area contributed by atoms with Gasteiger partial charge in [0, 0.05) is 30.1 Å². The molecule has 2 heterocycles. The molecule has 0 unspecified atom stereocenters. The van der Waals surface area contributed by atoms with Crippen molar-refractivity contribution < 1.29 is 19.0 Å². The van der Waals surface area contributed by atoms with Crippen LogP contribution in [0.5, 0.6) is 5.75 Å². The fourth-order valence-electron chi connectivity index (χ4n) is 5.27. The topological polar surface area (TPSA) is 62.7 Å². The molecule has 0 radical (unpaired) electrons. The lowest BCUT2D eigenvalue weighted by Gasteiger charge is -2.38. The van der Waals surface area contributed by atoms with Gasteiger partial charge in [-0.1, -0.05) is 29.5 Å². The monoisotopic (exact) mass is 502 g/mol. The van der Waals surface area contributed by atoms with Crippen molar-refractivity contribution in [2.75, 3.05) is 26.7 Å². The molecule has 2 aromatic carbocycles. The van der Waals surface area contributed by atoms with E-state index in [9.17, 15) is 9.90 Å². The molecular formula is C31H35FN2O3. The Balaban J connectivity index is 1.39. The van der Waals surface area contributed by atoms with Gasteiger partial charge in [0.15, 0.2) is 0 Å². The van der Waals surface area contributed by atoms with Crippen molar-refractivity contribution in [1.82, 2.24) is 9.88 Å². The Bertz CT molecular complexity index is 1260. The number of ether oxygens (including phenoxy) is 1. The van der Waals surface area contributed by atoms with E-state index in [2.05, 4.69) is 40.8 Å². The van der Waals surface area contributed by atoms with Crippen molar-refractivity contribution in [2.45, 2.75) is 45.2 Å². The number of carbonyl (C=O) groups is 1. The number of carboxylic acid groups (broad SMARTS) is 1. The van der Waals surface area contributed by atoms with Crippen LogP contribution < -0.4 is 4.74 Å². The standard InChI is InChI=1S/C31H35FN2O3/c1-22-5-7-23(8-6-22)4-3-18-34-19-16-24(25(21-34)10-14-31(35)36)9-12-29(32)27-15-17-33-30-13-11-26(37-2)20-28(27)30/h5-8,11,13,15,17,20,24-25,29H,9-10,12,14,16,18-19,21H2,1-2H3,(H,35,36)/t24-,25-,29-/m1/s1. The van der Waals surface area contributed by atoms with E-state index in [-0.39, 0.29) is 12.3 Å². The van der Waals surface area contributed by atoms with E-state index < -0.39 is 12.1 Å². The molecule has 0 spiro atoms. The number of aromatic nitrogens is 1. The summed E-state index contributed by atoms with van der Waals surface area (Å²) < 4.78 is 20.9. The van der Waals surface area contributed by atoms with Gasteiger partial charge in [-0.3, -0.25) is 14.7 Å². The third-order valence-electron chi connectivity index (χ3n) is 7.40. The molecule has 0 saturated carbocycles. The van der Waals surface area contributed by atoms with E-state index in [1.165, 1.54) is 5.56 Å². The molecular weight excluding hydrogens is 467 g/mol. The number of halogens is 1. The van der Waals surface area contributed by atoms with Gasteiger partial charge >= 0.3 is 5.97 Å². The first-order valence-electron chi connectivity index (χ1n) is 13.0. The molecule has 1 aromatic heterocycles. The fraction of sp³-hybridized carbons (Fsp3) is 0.419. The summed E-state index contributed by atoms with van der Waals surface area (Å²) in [5, 5.41) is 10.1. The van der Waals surface area contributed by atoms with Gasteiger partial charge in [0.1, 0.15) is 11.9 Å². The number of alkyl halides is 1. The summed E-state index contributed by atoms with van der Waals surface area (Å²) in [7, 11) is 1.60. The molecule has 194 valence electrons. The van der Waals surface area contributed by atoms with Crippen LogP contribution >= 0.6 is 0 Å². The molecule has 3 atom stereocenters. The maximum Gasteiger partial charge on any atom is 0.303 e. The molecule has 0 aliphatic carbocycles. The molecule has 1 N–H and O–H groups in total. The highest BCUT2D eigenvalue weighted by Gasteiger charge is 2.30. The molecule has 4 rings (SSSR count). The van der Waals surface area contributed by atoms with Crippen LogP contribution in [0, 0.1) is 30.6 Å². The zero-order chi connectivity index (χ0) is 26.2. The number of nitrogens with zero attached hydrogens (tertiary/aromatic N) is 2. The zero-order valence-electron chi connectivity index (χ0n) is 21.6. The third-order valence-corrected chi connectivity index (χ3v) is 7.40. The van der Waals surface area contributed by atoms with Crippen LogP contribution in [0.25, 0.3) is 10.9 Å². The first kappa shape index (κ1) is 26.6.